The fourth-order valence-electron chi connectivity index (χ4n) is 4.71. The third kappa shape index (κ3) is 6.36. The van der Waals surface area contributed by atoms with Gasteiger partial charge in [0.1, 0.15) is 0 Å². The van der Waals surface area contributed by atoms with Crippen molar-refractivity contribution < 1.29 is 50.9 Å². The van der Waals surface area contributed by atoms with Crippen LogP contribution in [0.5, 0.6) is 0 Å². The number of carbonyl (C=O) groups is 3. The summed E-state index contributed by atoms with van der Waals surface area (Å²) in [7, 11) is 0. The van der Waals surface area contributed by atoms with E-state index in [1.807, 2.05) is 0 Å². The molecule has 2 amide bonds. The highest BCUT2D eigenvalue weighted by atomic mass is 35.5. The molecule has 1 aliphatic heterocycles. The zero-order valence-electron chi connectivity index (χ0n) is 21.3. The molecule has 0 saturated carbocycles. The molecule has 0 radical (unpaired) electrons. The molecule has 1 heterocycles. The van der Waals surface area contributed by atoms with Crippen molar-refractivity contribution in [3.05, 3.63) is 87.4 Å². The molecular formula is C27H18Cl2F6N2O5S. The number of halogens is 8. The van der Waals surface area contributed by atoms with Gasteiger partial charge in [0, 0.05) is 29.3 Å². The number of benzene rings is 3. The summed E-state index contributed by atoms with van der Waals surface area (Å²) in [6, 6.07) is 9.70. The third-order valence-corrected chi connectivity index (χ3v) is 8.98. The van der Waals surface area contributed by atoms with Crippen molar-refractivity contribution >= 4 is 64.3 Å². The van der Waals surface area contributed by atoms with Gasteiger partial charge < -0.3 is 10.2 Å². The van der Waals surface area contributed by atoms with E-state index in [1.165, 1.54) is 12.1 Å². The summed E-state index contributed by atoms with van der Waals surface area (Å²) < 4.78 is 83.3. The number of rotatable bonds is 6. The molecule has 0 spiro atoms. The first-order valence-electron chi connectivity index (χ1n) is 12.0. The van der Waals surface area contributed by atoms with Crippen LogP contribution in [-0.4, -0.2) is 47.0 Å². The number of hydrogen-bond donors (Lipinski definition) is 2. The first-order chi connectivity index (χ1) is 20.0. The zero-order valence-corrected chi connectivity index (χ0v) is 23.7. The predicted molar refractivity (Wildman–Crippen MR) is 148 cm³/mol. The number of amides is 2. The second-order valence-electron chi connectivity index (χ2n) is 9.40. The van der Waals surface area contributed by atoms with Gasteiger partial charge in [-0.1, -0.05) is 47.5 Å². The highest BCUT2D eigenvalue weighted by molar-refractivity contribution is 7.99. The molecule has 0 aromatic heterocycles. The maximum Gasteiger partial charge on any atom is 0.418 e. The molecule has 0 unspecified atom stereocenters. The number of nitrogens with zero attached hydrogens (tertiary/aromatic N) is 2. The van der Waals surface area contributed by atoms with Crippen molar-refractivity contribution in [2.45, 2.75) is 17.2 Å². The van der Waals surface area contributed by atoms with E-state index in [0.717, 1.165) is 48.2 Å². The molecule has 2 N–H and O–H groups in total. The van der Waals surface area contributed by atoms with Gasteiger partial charge in [-0.25, -0.2) is 9.59 Å². The topological polar surface area (TPSA) is 98.2 Å². The molecule has 228 valence electrons. The third-order valence-electron chi connectivity index (χ3n) is 6.65. The average Bonchev–Trinajstić information content (AvgIpc) is 2.93. The van der Waals surface area contributed by atoms with Gasteiger partial charge >= 0.3 is 24.5 Å². The molecule has 0 atom stereocenters. The summed E-state index contributed by atoms with van der Waals surface area (Å²) in [4.78, 5) is 39.6. The maximum atomic E-state index is 14.1. The van der Waals surface area contributed by atoms with Crippen molar-refractivity contribution in [2.24, 2.45) is 5.41 Å². The van der Waals surface area contributed by atoms with Gasteiger partial charge in [0.05, 0.1) is 38.0 Å². The summed E-state index contributed by atoms with van der Waals surface area (Å²) in [6.07, 6.45) is -13.9. The molecule has 4 rings (SSSR count). The number of thioether (sulfide) groups is 1. The lowest BCUT2D eigenvalue weighted by molar-refractivity contribution is -0.137. The molecule has 7 nitrogen and oxygen atoms in total. The number of carbonyl (C=O) groups excluding carboxylic acids is 1. The molecule has 0 bridgehead atoms. The minimum Gasteiger partial charge on any atom is -0.465 e. The summed E-state index contributed by atoms with van der Waals surface area (Å²) in [5, 5.41) is 20.1. The Morgan fingerprint density at radius 2 is 1.23 bits per heavy atom. The Bertz CT molecular complexity index is 1520. The first-order valence-corrected chi connectivity index (χ1v) is 13.7. The molecule has 0 saturated heterocycles. The Morgan fingerprint density at radius 3 is 1.65 bits per heavy atom. The zero-order chi connectivity index (χ0) is 31.9. The molecule has 1 aliphatic rings. The summed E-state index contributed by atoms with van der Waals surface area (Å²) in [6.45, 7) is -2.11. The van der Waals surface area contributed by atoms with Crippen LogP contribution in [0.25, 0.3) is 0 Å². The minimum absolute atomic E-state index is 0.0470. The lowest BCUT2D eigenvalue weighted by Gasteiger charge is -2.42. The van der Waals surface area contributed by atoms with Crippen LogP contribution in [0.15, 0.2) is 65.6 Å². The van der Waals surface area contributed by atoms with E-state index in [4.69, 9.17) is 23.2 Å². The van der Waals surface area contributed by atoms with Crippen LogP contribution in [0.3, 0.4) is 0 Å². The Labute approximate surface area is 253 Å². The quantitative estimate of drug-likeness (QED) is 0.256. The Balaban J connectivity index is 1.93. The SMILES string of the molecule is O=C(O)N(CC1(CN(C(=O)O)c2ccccc2C(F)(F)F)CSc2c(ccc(Cl)c2Cl)C1=O)c1ccccc1C(F)(F)F. The van der Waals surface area contributed by atoms with Crippen molar-refractivity contribution in [3.63, 3.8) is 0 Å². The van der Waals surface area contributed by atoms with Crippen LogP contribution in [0.2, 0.25) is 10.0 Å². The van der Waals surface area contributed by atoms with Gasteiger partial charge in [-0.15, -0.1) is 11.8 Å². The highest BCUT2D eigenvalue weighted by Gasteiger charge is 2.50. The van der Waals surface area contributed by atoms with Crippen LogP contribution in [0, 0.1) is 5.41 Å². The number of fused-ring (bicyclic) bond motifs is 1. The minimum atomic E-state index is -5.03. The number of hydrogen-bond acceptors (Lipinski definition) is 4. The lowest BCUT2D eigenvalue weighted by Crippen LogP contribution is -2.55. The fourth-order valence-corrected chi connectivity index (χ4v) is 6.54. The molecule has 0 fully saturated rings. The van der Waals surface area contributed by atoms with E-state index in [0.29, 0.717) is 12.1 Å². The van der Waals surface area contributed by atoms with E-state index >= 15 is 0 Å². The van der Waals surface area contributed by atoms with E-state index in [-0.39, 0.29) is 30.3 Å². The van der Waals surface area contributed by atoms with Gasteiger partial charge in [0.15, 0.2) is 5.78 Å². The standard InChI is InChI=1S/C27H18Cl2F6N2O5S/c28-17-10-9-14-21(20(17)29)43-13-25(22(14)38,11-36(23(39)40)18-7-3-1-5-15(18)26(30,31)32)12-37(24(41)42)19-8-4-2-6-16(19)27(33,34)35/h1-10H,11-13H2,(H,39,40)(H,41,42). The molecule has 3 aromatic rings. The fraction of sp³-hybridized carbons (Fsp3) is 0.222. The van der Waals surface area contributed by atoms with Crippen LogP contribution < -0.4 is 9.80 Å². The van der Waals surface area contributed by atoms with Gasteiger partial charge in [-0.05, 0) is 36.4 Å². The van der Waals surface area contributed by atoms with Gasteiger partial charge in [-0.2, -0.15) is 26.3 Å². The first kappa shape index (κ1) is 32.3. The summed E-state index contributed by atoms with van der Waals surface area (Å²) in [5.41, 5.74) is -6.82. The van der Waals surface area contributed by atoms with Crippen molar-refractivity contribution in [2.75, 3.05) is 28.6 Å². The monoisotopic (exact) mass is 666 g/mol. The summed E-state index contributed by atoms with van der Waals surface area (Å²) in [5.74, 6) is -1.43. The normalized spacial score (nSPS) is 14.7. The van der Waals surface area contributed by atoms with Crippen molar-refractivity contribution in [1.82, 2.24) is 0 Å². The highest BCUT2D eigenvalue weighted by Crippen LogP contribution is 2.48. The smallest absolute Gasteiger partial charge is 0.418 e. The Hall–Kier alpha value is -3.62. The molecular weight excluding hydrogens is 649 g/mol. The van der Waals surface area contributed by atoms with E-state index in [1.54, 1.807) is 0 Å². The Morgan fingerprint density at radius 1 is 0.791 bits per heavy atom. The molecule has 43 heavy (non-hydrogen) atoms. The lowest BCUT2D eigenvalue weighted by atomic mass is 9.79. The number of ketones is 1. The van der Waals surface area contributed by atoms with Crippen molar-refractivity contribution in [3.8, 4) is 0 Å². The van der Waals surface area contributed by atoms with Crippen LogP contribution >= 0.6 is 35.0 Å². The van der Waals surface area contributed by atoms with Crippen LogP contribution in [0.4, 0.5) is 47.3 Å². The van der Waals surface area contributed by atoms with Gasteiger partial charge in [0.25, 0.3) is 0 Å². The van der Waals surface area contributed by atoms with E-state index in [2.05, 4.69) is 0 Å². The van der Waals surface area contributed by atoms with Crippen LogP contribution in [-0.2, 0) is 12.4 Å². The van der Waals surface area contributed by atoms with Gasteiger partial charge in [0.2, 0.25) is 0 Å². The number of carboxylic acid groups (broad SMARTS) is 2. The molecule has 0 aliphatic carbocycles. The number of alkyl halides is 6. The van der Waals surface area contributed by atoms with Crippen LogP contribution in [0.1, 0.15) is 21.5 Å². The summed E-state index contributed by atoms with van der Waals surface area (Å²) >= 11 is 13.1. The largest absolute Gasteiger partial charge is 0.465 e. The number of para-hydroxylation sites is 2. The van der Waals surface area contributed by atoms with Crippen molar-refractivity contribution in [1.29, 1.82) is 0 Å². The second-order valence-corrected chi connectivity index (χ2v) is 11.2. The predicted octanol–water partition coefficient (Wildman–Crippen LogP) is 8.68. The molecule has 16 heteroatoms. The number of anilines is 2. The second kappa shape index (κ2) is 11.8. The van der Waals surface area contributed by atoms with E-state index < -0.39 is 77.1 Å². The molecule has 3 aromatic carbocycles. The maximum absolute atomic E-state index is 14.1. The average molecular weight is 667 g/mol. The number of Topliss-reactive ketones (excluding diaryl/α,β-unsaturated/α-hetero) is 1. The van der Waals surface area contributed by atoms with Gasteiger partial charge in [-0.3, -0.25) is 14.6 Å². The van der Waals surface area contributed by atoms with E-state index in [9.17, 15) is 50.9 Å². The Kier molecular flexibility index (Phi) is 8.87.